The zero-order valence-electron chi connectivity index (χ0n) is 42.1. The summed E-state index contributed by atoms with van der Waals surface area (Å²) in [6.07, 6.45) is 64.5. The first kappa shape index (κ1) is 61.1. The second kappa shape index (κ2) is 52.7. The summed E-state index contributed by atoms with van der Waals surface area (Å²) in [5.74, 6) is -0.162. The first-order valence-electron chi connectivity index (χ1n) is 27.8. The third kappa shape index (κ3) is 49.4. The second-order valence-electron chi connectivity index (χ2n) is 18.9. The van der Waals surface area contributed by atoms with Gasteiger partial charge in [-0.3, -0.25) is 9.59 Å². The van der Waals surface area contributed by atoms with Gasteiger partial charge in [-0.15, -0.1) is 0 Å². The van der Waals surface area contributed by atoms with E-state index in [0.717, 1.165) is 51.4 Å². The number of rotatable bonds is 51. The molecule has 0 aromatic rings. The van der Waals surface area contributed by atoms with Crippen LogP contribution >= 0.6 is 0 Å². The van der Waals surface area contributed by atoms with E-state index in [4.69, 9.17) is 4.74 Å². The van der Waals surface area contributed by atoms with Crippen LogP contribution in [0.2, 0.25) is 0 Å². The SMILES string of the molecule is CCCCCCCCCCCCCCCC/C=C/C(O)C(CO)NC(=O)CC/C=C\C/C=C\CCCCCCCCOC(=O)CCCCCCCCCCCCCCCCCCC. The molecule has 3 N–H and O–H groups in total. The lowest BCUT2D eigenvalue weighted by molar-refractivity contribution is -0.143. The third-order valence-corrected chi connectivity index (χ3v) is 12.7. The molecule has 0 fully saturated rings. The molecule has 63 heavy (non-hydrogen) atoms. The van der Waals surface area contributed by atoms with Gasteiger partial charge in [-0.05, 0) is 51.4 Å². The van der Waals surface area contributed by atoms with Gasteiger partial charge >= 0.3 is 5.97 Å². The van der Waals surface area contributed by atoms with Crippen LogP contribution < -0.4 is 5.32 Å². The van der Waals surface area contributed by atoms with Crippen LogP contribution in [0.5, 0.6) is 0 Å². The van der Waals surface area contributed by atoms with Crippen LogP contribution in [0.1, 0.15) is 290 Å². The van der Waals surface area contributed by atoms with E-state index in [-0.39, 0.29) is 18.5 Å². The summed E-state index contributed by atoms with van der Waals surface area (Å²) >= 11 is 0. The van der Waals surface area contributed by atoms with Gasteiger partial charge in [0.2, 0.25) is 5.91 Å². The van der Waals surface area contributed by atoms with Crippen LogP contribution in [-0.2, 0) is 14.3 Å². The zero-order valence-corrected chi connectivity index (χ0v) is 42.1. The number of unbranched alkanes of at least 4 members (excludes halogenated alkanes) is 36. The lowest BCUT2D eigenvalue weighted by Crippen LogP contribution is -2.45. The number of carbonyl (C=O) groups excluding carboxylic acids is 2. The van der Waals surface area contributed by atoms with Crippen LogP contribution in [-0.4, -0.2) is 47.4 Å². The molecule has 0 heterocycles. The number of ether oxygens (including phenoxy) is 1. The molecule has 0 radical (unpaired) electrons. The zero-order chi connectivity index (χ0) is 45.8. The van der Waals surface area contributed by atoms with Crippen molar-refractivity contribution in [3.8, 4) is 0 Å². The number of hydrogen-bond donors (Lipinski definition) is 3. The number of hydrogen-bond acceptors (Lipinski definition) is 5. The fraction of sp³-hybridized carbons (Fsp3) is 0.860. The average molecular weight is 886 g/mol. The van der Waals surface area contributed by atoms with E-state index in [1.807, 2.05) is 12.2 Å². The van der Waals surface area contributed by atoms with Gasteiger partial charge in [-0.25, -0.2) is 0 Å². The Kier molecular flexibility index (Phi) is 51.1. The van der Waals surface area contributed by atoms with Crippen LogP contribution in [0.15, 0.2) is 36.5 Å². The number of esters is 1. The predicted octanol–water partition coefficient (Wildman–Crippen LogP) is 16.9. The second-order valence-corrected chi connectivity index (χ2v) is 18.9. The van der Waals surface area contributed by atoms with E-state index < -0.39 is 12.1 Å². The van der Waals surface area contributed by atoms with Crippen molar-refractivity contribution in [2.75, 3.05) is 13.2 Å². The van der Waals surface area contributed by atoms with Crippen LogP contribution in [0.4, 0.5) is 0 Å². The molecule has 0 aromatic carbocycles. The van der Waals surface area contributed by atoms with E-state index in [9.17, 15) is 19.8 Å². The molecule has 0 saturated carbocycles. The fourth-order valence-electron chi connectivity index (χ4n) is 8.39. The Morgan fingerprint density at radius 1 is 0.444 bits per heavy atom. The minimum atomic E-state index is -0.879. The topological polar surface area (TPSA) is 95.9 Å². The minimum Gasteiger partial charge on any atom is -0.466 e. The van der Waals surface area contributed by atoms with E-state index in [1.165, 1.54) is 205 Å². The Bertz CT molecular complexity index is 1020. The van der Waals surface area contributed by atoms with Gasteiger partial charge in [0.05, 0.1) is 25.4 Å². The number of amides is 1. The number of aliphatic hydroxyl groups is 2. The molecule has 370 valence electrons. The first-order chi connectivity index (χ1) is 31.0. The van der Waals surface area contributed by atoms with Crippen molar-refractivity contribution in [3.63, 3.8) is 0 Å². The predicted molar refractivity (Wildman–Crippen MR) is 273 cm³/mol. The van der Waals surface area contributed by atoms with Crippen LogP contribution in [0.25, 0.3) is 0 Å². The molecule has 0 aliphatic carbocycles. The van der Waals surface area contributed by atoms with Crippen molar-refractivity contribution in [1.82, 2.24) is 5.32 Å². The molecule has 0 aliphatic heterocycles. The summed E-state index contributed by atoms with van der Waals surface area (Å²) in [7, 11) is 0. The Labute approximate surface area is 392 Å². The normalized spacial score (nSPS) is 12.9. The Hall–Kier alpha value is -1.92. The van der Waals surface area contributed by atoms with E-state index in [2.05, 4.69) is 37.4 Å². The highest BCUT2D eigenvalue weighted by Crippen LogP contribution is 2.16. The standard InChI is InChI=1S/C57H107NO5/c1-3-5-7-9-11-13-15-17-19-21-23-27-31-35-39-43-47-51-57(62)63-52-48-44-40-36-32-28-24-26-30-34-38-42-46-50-56(61)58-54(53-59)55(60)49-45-41-37-33-29-25-22-20-18-16-14-12-10-8-6-4-2/h26,30,38,42,45,49,54-55,59-60H,3-25,27-29,31-37,39-41,43-44,46-48,50-53H2,1-2H3,(H,58,61)/b30-26-,42-38-,49-45+. The van der Waals surface area contributed by atoms with Crippen molar-refractivity contribution in [2.45, 2.75) is 302 Å². The first-order valence-corrected chi connectivity index (χ1v) is 27.8. The van der Waals surface area contributed by atoms with Gasteiger partial charge in [0.25, 0.3) is 0 Å². The van der Waals surface area contributed by atoms with E-state index >= 15 is 0 Å². The molecule has 0 spiro atoms. The fourth-order valence-corrected chi connectivity index (χ4v) is 8.39. The van der Waals surface area contributed by atoms with Gasteiger partial charge in [-0.2, -0.15) is 0 Å². The minimum absolute atomic E-state index is 0.0148. The summed E-state index contributed by atoms with van der Waals surface area (Å²) in [5, 5.41) is 23.0. The molecule has 0 aliphatic rings. The van der Waals surface area contributed by atoms with Gasteiger partial charge in [0.1, 0.15) is 0 Å². The lowest BCUT2D eigenvalue weighted by atomic mass is 10.0. The van der Waals surface area contributed by atoms with Crippen molar-refractivity contribution < 1.29 is 24.5 Å². The van der Waals surface area contributed by atoms with Gasteiger partial charge in [-0.1, -0.05) is 262 Å². The summed E-state index contributed by atoms with van der Waals surface area (Å²) in [6, 6.07) is -0.671. The smallest absolute Gasteiger partial charge is 0.305 e. The average Bonchev–Trinajstić information content (AvgIpc) is 3.28. The van der Waals surface area contributed by atoms with Crippen LogP contribution in [0.3, 0.4) is 0 Å². The number of aliphatic hydroxyl groups excluding tert-OH is 2. The lowest BCUT2D eigenvalue weighted by Gasteiger charge is -2.19. The molecule has 6 nitrogen and oxygen atoms in total. The number of carbonyl (C=O) groups is 2. The summed E-state index contributed by atoms with van der Waals surface area (Å²) < 4.78 is 5.47. The molecular weight excluding hydrogens is 779 g/mol. The molecule has 6 heteroatoms. The molecule has 0 bridgehead atoms. The molecule has 0 rings (SSSR count). The third-order valence-electron chi connectivity index (χ3n) is 12.7. The quantitative estimate of drug-likeness (QED) is 0.0321. The number of allylic oxidation sites excluding steroid dienone is 5. The highest BCUT2D eigenvalue weighted by Gasteiger charge is 2.17. The highest BCUT2D eigenvalue weighted by molar-refractivity contribution is 5.76. The Morgan fingerprint density at radius 3 is 1.24 bits per heavy atom. The molecule has 2 unspecified atom stereocenters. The van der Waals surface area contributed by atoms with Crippen LogP contribution in [0, 0.1) is 0 Å². The van der Waals surface area contributed by atoms with Crippen molar-refractivity contribution in [3.05, 3.63) is 36.5 Å². The maximum atomic E-state index is 12.4. The van der Waals surface area contributed by atoms with Crippen molar-refractivity contribution in [1.29, 1.82) is 0 Å². The van der Waals surface area contributed by atoms with E-state index in [1.54, 1.807) is 6.08 Å². The molecule has 2 atom stereocenters. The molecule has 0 aromatic heterocycles. The summed E-state index contributed by atoms with van der Waals surface area (Å²) in [5.41, 5.74) is 0. The molecule has 0 saturated heterocycles. The molecular formula is C57H107NO5. The van der Waals surface area contributed by atoms with Gasteiger partial charge in [0.15, 0.2) is 0 Å². The highest BCUT2D eigenvalue weighted by atomic mass is 16.5. The maximum absolute atomic E-state index is 12.4. The molecule has 1 amide bonds. The van der Waals surface area contributed by atoms with Gasteiger partial charge < -0.3 is 20.3 Å². The summed E-state index contributed by atoms with van der Waals surface area (Å²) in [6.45, 7) is 4.85. The van der Waals surface area contributed by atoms with Crippen molar-refractivity contribution in [2.24, 2.45) is 0 Å². The Morgan fingerprint density at radius 2 is 0.810 bits per heavy atom. The van der Waals surface area contributed by atoms with Crippen molar-refractivity contribution >= 4 is 11.9 Å². The van der Waals surface area contributed by atoms with Gasteiger partial charge in [0, 0.05) is 12.8 Å². The maximum Gasteiger partial charge on any atom is 0.305 e. The summed E-state index contributed by atoms with van der Waals surface area (Å²) in [4.78, 5) is 24.5. The number of nitrogens with one attached hydrogen (secondary N) is 1. The monoisotopic (exact) mass is 886 g/mol. The largest absolute Gasteiger partial charge is 0.466 e. The Balaban J connectivity index is 3.55. The van der Waals surface area contributed by atoms with E-state index in [0.29, 0.717) is 25.9 Å².